The first-order valence-corrected chi connectivity index (χ1v) is 6.18. The van der Waals surface area contributed by atoms with Crippen molar-refractivity contribution in [2.24, 2.45) is 0 Å². The van der Waals surface area contributed by atoms with Crippen LogP contribution in [0.15, 0.2) is 12.5 Å². The molecular formula is C12H13N5O4. The molecule has 9 nitrogen and oxygen atoms in total. The van der Waals surface area contributed by atoms with Crippen LogP contribution in [-0.2, 0) is 10.5 Å². The minimum atomic E-state index is -1.85. The number of aromatic nitrogens is 3. The molecule has 2 aromatic heterocycles. The number of hydrogen-bond acceptors (Lipinski definition) is 8. The molecule has 0 bridgehead atoms. The van der Waals surface area contributed by atoms with E-state index in [1.807, 2.05) is 6.07 Å². The summed E-state index contributed by atoms with van der Waals surface area (Å²) < 4.78 is 6.41. The summed E-state index contributed by atoms with van der Waals surface area (Å²) in [5.74, 6) is 0.103. The zero-order valence-corrected chi connectivity index (χ0v) is 10.8. The van der Waals surface area contributed by atoms with Crippen molar-refractivity contribution in [3.05, 3.63) is 18.1 Å². The van der Waals surface area contributed by atoms with Gasteiger partial charge in [0.05, 0.1) is 24.2 Å². The first-order chi connectivity index (χ1) is 10.0. The monoisotopic (exact) mass is 291 g/mol. The maximum absolute atomic E-state index is 10.7. The summed E-state index contributed by atoms with van der Waals surface area (Å²) in [5, 5.41) is 39.4. The molecule has 0 radical (unpaired) electrons. The normalized spacial score (nSPS) is 28.9. The molecule has 1 aliphatic rings. The molecule has 0 spiro atoms. The van der Waals surface area contributed by atoms with E-state index in [2.05, 4.69) is 9.97 Å². The smallest absolute Gasteiger partial charge is 0.196 e. The first-order valence-electron chi connectivity index (χ1n) is 6.18. The van der Waals surface area contributed by atoms with Crippen molar-refractivity contribution in [2.45, 2.75) is 17.9 Å². The van der Waals surface area contributed by atoms with Crippen molar-refractivity contribution in [3.8, 4) is 6.07 Å². The molecule has 1 fully saturated rings. The van der Waals surface area contributed by atoms with Crippen LogP contribution in [0.25, 0.3) is 11.0 Å². The molecule has 0 amide bonds. The average molecular weight is 291 g/mol. The molecule has 1 aliphatic heterocycles. The number of nitriles is 1. The maximum Gasteiger partial charge on any atom is 0.196 e. The third kappa shape index (κ3) is 1.78. The number of aliphatic hydroxyl groups excluding tert-OH is 2. The van der Waals surface area contributed by atoms with E-state index in [-0.39, 0.29) is 23.6 Å². The molecule has 110 valence electrons. The Morgan fingerprint density at radius 2 is 2.33 bits per heavy atom. The Morgan fingerprint density at radius 3 is 2.95 bits per heavy atom. The molecule has 3 rings (SSSR count). The Labute approximate surface area is 118 Å². The Morgan fingerprint density at radius 1 is 1.57 bits per heavy atom. The second-order valence-corrected chi connectivity index (χ2v) is 4.84. The minimum Gasteiger partial charge on any atom is -0.394 e. The summed E-state index contributed by atoms with van der Waals surface area (Å²) in [7, 11) is 0. The maximum atomic E-state index is 10.7. The molecule has 1 saturated heterocycles. The zero-order chi connectivity index (χ0) is 15.2. The second kappa shape index (κ2) is 4.64. The first kappa shape index (κ1) is 13.7. The fourth-order valence-electron chi connectivity index (χ4n) is 2.53. The average Bonchev–Trinajstić information content (AvgIpc) is 3.00. The molecule has 9 heteroatoms. The topological polar surface area (TPSA) is 150 Å². The SMILES string of the molecule is N#Cc1cn(C2(O)CO[C@H](CO)C2O)c2ncnc(N)c12. The highest BCUT2D eigenvalue weighted by Crippen LogP contribution is 2.34. The van der Waals surface area contributed by atoms with E-state index in [0.717, 1.165) is 0 Å². The Bertz CT molecular complexity index is 739. The molecule has 3 atom stereocenters. The van der Waals surface area contributed by atoms with Crippen LogP contribution in [0.4, 0.5) is 5.82 Å². The fraction of sp³-hybridized carbons (Fsp3) is 0.417. The van der Waals surface area contributed by atoms with Crippen LogP contribution in [0.5, 0.6) is 0 Å². The molecule has 5 N–H and O–H groups in total. The van der Waals surface area contributed by atoms with Crippen LogP contribution in [-0.4, -0.2) is 55.3 Å². The summed E-state index contributed by atoms with van der Waals surface area (Å²) in [6.45, 7) is -0.692. The van der Waals surface area contributed by atoms with Crippen LogP contribution in [0.3, 0.4) is 0 Å². The van der Waals surface area contributed by atoms with Gasteiger partial charge in [0.1, 0.15) is 36.1 Å². The van der Waals surface area contributed by atoms with Gasteiger partial charge in [-0.05, 0) is 0 Å². The Kier molecular flexibility index (Phi) is 3.03. The number of nitrogen functional groups attached to an aromatic ring is 1. The fourth-order valence-corrected chi connectivity index (χ4v) is 2.53. The molecular weight excluding hydrogens is 278 g/mol. The van der Waals surface area contributed by atoms with E-state index in [0.29, 0.717) is 5.39 Å². The number of rotatable bonds is 2. The summed E-state index contributed by atoms with van der Waals surface area (Å²) in [6.07, 6.45) is 0.241. The van der Waals surface area contributed by atoms with E-state index in [4.69, 9.17) is 15.6 Å². The molecule has 2 aromatic rings. The third-order valence-corrected chi connectivity index (χ3v) is 3.67. The lowest BCUT2D eigenvalue weighted by Crippen LogP contribution is -2.46. The van der Waals surface area contributed by atoms with E-state index >= 15 is 0 Å². The van der Waals surface area contributed by atoms with Crippen molar-refractivity contribution in [1.82, 2.24) is 14.5 Å². The van der Waals surface area contributed by atoms with Crippen molar-refractivity contribution < 1.29 is 20.1 Å². The summed E-state index contributed by atoms with van der Waals surface area (Å²) in [5.41, 5.74) is 4.29. The highest BCUT2D eigenvalue weighted by Gasteiger charge is 2.50. The van der Waals surface area contributed by atoms with E-state index in [9.17, 15) is 15.5 Å². The number of ether oxygens (including phenoxy) is 1. The Hall–Kier alpha value is -2.25. The molecule has 2 unspecified atom stereocenters. The minimum absolute atomic E-state index is 0.103. The number of nitrogens with zero attached hydrogens (tertiary/aromatic N) is 4. The number of fused-ring (bicyclic) bond motifs is 1. The van der Waals surface area contributed by atoms with Crippen LogP contribution in [0.2, 0.25) is 0 Å². The Balaban J connectivity index is 2.23. The van der Waals surface area contributed by atoms with Gasteiger partial charge in [-0.25, -0.2) is 9.97 Å². The van der Waals surface area contributed by atoms with Gasteiger partial charge in [0, 0.05) is 6.20 Å². The van der Waals surface area contributed by atoms with Crippen LogP contribution in [0, 0.1) is 11.3 Å². The predicted octanol–water partition coefficient (Wildman–Crippen LogP) is -1.72. The van der Waals surface area contributed by atoms with Gasteiger partial charge in [-0.2, -0.15) is 5.26 Å². The van der Waals surface area contributed by atoms with Gasteiger partial charge in [-0.15, -0.1) is 0 Å². The largest absolute Gasteiger partial charge is 0.394 e. The van der Waals surface area contributed by atoms with Crippen molar-refractivity contribution in [1.29, 1.82) is 5.26 Å². The predicted molar refractivity (Wildman–Crippen MR) is 69.7 cm³/mol. The van der Waals surface area contributed by atoms with E-state index in [1.165, 1.54) is 17.1 Å². The summed E-state index contributed by atoms with van der Waals surface area (Å²) in [4.78, 5) is 7.83. The van der Waals surface area contributed by atoms with Gasteiger partial charge in [0.2, 0.25) is 0 Å². The molecule has 0 aliphatic carbocycles. The number of aliphatic hydroxyl groups is 3. The summed E-state index contributed by atoms with van der Waals surface area (Å²) in [6, 6.07) is 1.95. The standard InChI is InChI=1S/C12H13N5O4/c13-1-6-2-17(11-8(6)10(14)15-5-16-11)12(20)4-21-7(3-18)9(12)19/h2,5,7,9,18-20H,3-4H2,(H2,14,15,16)/t7-,9?,12?/m1/s1. The molecule has 3 heterocycles. The van der Waals surface area contributed by atoms with Gasteiger partial charge in [-0.3, -0.25) is 4.57 Å². The highest BCUT2D eigenvalue weighted by molar-refractivity contribution is 5.92. The van der Waals surface area contributed by atoms with Gasteiger partial charge < -0.3 is 25.8 Å². The van der Waals surface area contributed by atoms with Crippen molar-refractivity contribution >= 4 is 16.9 Å². The number of nitrogens with two attached hydrogens (primary N) is 1. The van der Waals surface area contributed by atoms with Gasteiger partial charge in [-0.1, -0.05) is 0 Å². The van der Waals surface area contributed by atoms with Crippen LogP contribution in [0.1, 0.15) is 5.56 Å². The van der Waals surface area contributed by atoms with Gasteiger partial charge in [0.25, 0.3) is 0 Å². The third-order valence-electron chi connectivity index (χ3n) is 3.67. The van der Waals surface area contributed by atoms with Crippen LogP contribution >= 0.6 is 0 Å². The van der Waals surface area contributed by atoms with Crippen molar-refractivity contribution in [2.75, 3.05) is 18.9 Å². The molecule has 21 heavy (non-hydrogen) atoms. The lowest BCUT2D eigenvalue weighted by atomic mass is 10.1. The van der Waals surface area contributed by atoms with E-state index < -0.39 is 24.5 Å². The highest BCUT2D eigenvalue weighted by atomic mass is 16.5. The lowest BCUT2D eigenvalue weighted by Gasteiger charge is -2.28. The van der Waals surface area contributed by atoms with E-state index in [1.54, 1.807) is 0 Å². The second-order valence-electron chi connectivity index (χ2n) is 4.84. The quantitative estimate of drug-likeness (QED) is 0.510. The number of hydrogen-bond donors (Lipinski definition) is 4. The molecule has 0 aromatic carbocycles. The van der Waals surface area contributed by atoms with Gasteiger partial charge in [0.15, 0.2) is 5.72 Å². The van der Waals surface area contributed by atoms with Crippen LogP contribution < -0.4 is 5.73 Å². The zero-order valence-electron chi connectivity index (χ0n) is 10.8. The summed E-state index contributed by atoms with van der Waals surface area (Å²) >= 11 is 0. The molecule has 0 saturated carbocycles. The van der Waals surface area contributed by atoms with Gasteiger partial charge >= 0.3 is 0 Å². The van der Waals surface area contributed by atoms with Crippen molar-refractivity contribution in [3.63, 3.8) is 0 Å². The number of anilines is 1. The lowest BCUT2D eigenvalue weighted by molar-refractivity contribution is -0.109.